The fourth-order valence-corrected chi connectivity index (χ4v) is 3.60. The second-order valence-electron chi connectivity index (χ2n) is 6.65. The summed E-state index contributed by atoms with van der Waals surface area (Å²) in [4.78, 5) is 15.8. The zero-order valence-electron chi connectivity index (χ0n) is 12.7. The van der Waals surface area contributed by atoms with Gasteiger partial charge in [-0.25, -0.2) is 0 Å². The number of hydrogen-bond donors (Lipinski definition) is 0. The molecule has 0 spiro atoms. The summed E-state index contributed by atoms with van der Waals surface area (Å²) in [6, 6.07) is 0. The third kappa shape index (κ3) is 4.79. The largest absolute Gasteiger partial charge is 0.346 e. The van der Waals surface area contributed by atoms with Gasteiger partial charge >= 0.3 is 0 Å². The second kappa shape index (κ2) is 7.28. The van der Waals surface area contributed by atoms with Crippen molar-refractivity contribution in [3.8, 4) is 0 Å². The van der Waals surface area contributed by atoms with E-state index in [9.17, 15) is 4.79 Å². The molecule has 0 bridgehead atoms. The minimum atomic E-state index is 0.199. The van der Waals surface area contributed by atoms with Crippen LogP contribution in [0.3, 0.4) is 0 Å². The lowest BCUT2D eigenvalue weighted by molar-refractivity contribution is -0.128. The van der Waals surface area contributed by atoms with E-state index >= 15 is 0 Å². The predicted octanol–water partition coefficient (Wildman–Crippen LogP) is 2.76. The SMILES string of the molecule is CC(=O)N(C)CC1CCN(CC2CCCCC2)CC1. The van der Waals surface area contributed by atoms with E-state index in [-0.39, 0.29) is 5.91 Å². The Labute approximate surface area is 118 Å². The lowest BCUT2D eigenvalue weighted by atomic mass is 9.88. The first kappa shape index (κ1) is 14.8. The van der Waals surface area contributed by atoms with Crippen molar-refractivity contribution in [3.63, 3.8) is 0 Å². The minimum absolute atomic E-state index is 0.199. The van der Waals surface area contributed by atoms with Gasteiger partial charge in [-0.3, -0.25) is 4.79 Å². The molecule has 1 saturated heterocycles. The number of rotatable bonds is 4. The number of hydrogen-bond acceptors (Lipinski definition) is 2. The summed E-state index contributed by atoms with van der Waals surface area (Å²) < 4.78 is 0. The lowest BCUT2D eigenvalue weighted by Gasteiger charge is -2.36. The van der Waals surface area contributed by atoms with Gasteiger partial charge in [0.25, 0.3) is 0 Å². The van der Waals surface area contributed by atoms with Gasteiger partial charge in [-0.15, -0.1) is 0 Å². The summed E-state index contributed by atoms with van der Waals surface area (Å²) in [6.45, 7) is 6.43. The highest BCUT2D eigenvalue weighted by atomic mass is 16.2. The van der Waals surface area contributed by atoms with Crippen molar-refractivity contribution in [1.29, 1.82) is 0 Å². The molecule has 3 heteroatoms. The maximum atomic E-state index is 11.3. The Bertz CT molecular complexity index is 278. The molecule has 0 aromatic heterocycles. The van der Waals surface area contributed by atoms with E-state index in [1.807, 2.05) is 11.9 Å². The van der Waals surface area contributed by atoms with Crippen molar-refractivity contribution in [2.75, 3.05) is 33.2 Å². The summed E-state index contributed by atoms with van der Waals surface area (Å²) in [6.07, 6.45) is 9.79. The van der Waals surface area contributed by atoms with E-state index in [1.165, 1.54) is 64.6 Å². The summed E-state index contributed by atoms with van der Waals surface area (Å²) >= 11 is 0. The molecule has 19 heavy (non-hydrogen) atoms. The van der Waals surface area contributed by atoms with Crippen LogP contribution in [0.2, 0.25) is 0 Å². The number of carbonyl (C=O) groups excluding carboxylic acids is 1. The average Bonchev–Trinajstić information content (AvgIpc) is 2.42. The Balaban J connectivity index is 1.65. The average molecular weight is 266 g/mol. The maximum absolute atomic E-state index is 11.3. The fourth-order valence-electron chi connectivity index (χ4n) is 3.60. The summed E-state index contributed by atoms with van der Waals surface area (Å²) in [5.74, 6) is 1.88. The third-order valence-corrected chi connectivity index (χ3v) is 5.02. The zero-order chi connectivity index (χ0) is 13.7. The lowest BCUT2D eigenvalue weighted by Crippen LogP contribution is -2.41. The van der Waals surface area contributed by atoms with Crippen LogP contribution in [-0.4, -0.2) is 48.9 Å². The van der Waals surface area contributed by atoms with Crippen LogP contribution >= 0.6 is 0 Å². The molecule has 2 fully saturated rings. The molecule has 1 aliphatic heterocycles. The van der Waals surface area contributed by atoms with Crippen LogP contribution in [0.1, 0.15) is 51.9 Å². The predicted molar refractivity (Wildman–Crippen MR) is 79.1 cm³/mol. The normalized spacial score (nSPS) is 23.5. The summed E-state index contributed by atoms with van der Waals surface area (Å²) in [5, 5.41) is 0. The van der Waals surface area contributed by atoms with Crippen LogP contribution < -0.4 is 0 Å². The summed E-state index contributed by atoms with van der Waals surface area (Å²) in [7, 11) is 1.93. The Kier molecular flexibility index (Phi) is 5.68. The molecule has 0 unspecified atom stereocenters. The third-order valence-electron chi connectivity index (χ3n) is 5.02. The maximum Gasteiger partial charge on any atom is 0.219 e. The topological polar surface area (TPSA) is 23.6 Å². The van der Waals surface area contributed by atoms with Gasteiger partial charge in [-0.05, 0) is 50.6 Å². The van der Waals surface area contributed by atoms with E-state index < -0.39 is 0 Å². The number of carbonyl (C=O) groups is 1. The molecule has 0 aromatic rings. The van der Waals surface area contributed by atoms with Gasteiger partial charge in [-0.1, -0.05) is 19.3 Å². The van der Waals surface area contributed by atoms with Crippen molar-refractivity contribution in [3.05, 3.63) is 0 Å². The zero-order valence-corrected chi connectivity index (χ0v) is 12.7. The molecule has 2 rings (SSSR count). The Morgan fingerprint density at radius 1 is 1.05 bits per heavy atom. The molecule has 1 saturated carbocycles. The molecule has 110 valence electrons. The van der Waals surface area contributed by atoms with Gasteiger partial charge in [0, 0.05) is 27.1 Å². The van der Waals surface area contributed by atoms with Gasteiger partial charge < -0.3 is 9.80 Å². The molecule has 0 aromatic carbocycles. The molecule has 1 aliphatic carbocycles. The van der Waals surface area contributed by atoms with Gasteiger partial charge in [0.05, 0.1) is 0 Å². The molecule has 0 radical (unpaired) electrons. The summed E-state index contributed by atoms with van der Waals surface area (Å²) in [5.41, 5.74) is 0. The first-order valence-electron chi connectivity index (χ1n) is 8.09. The number of amides is 1. The molecular formula is C16H30N2O. The highest BCUT2D eigenvalue weighted by Gasteiger charge is 2.23. The Hall–Kier alpha value is -0.570. The van der Waals surface area contributed by atoms with Gasteiger partial charge in [0.2, 0.25) is 5.91 Å². The van der Waals surface area contributed by atoms with Crippen LogP contribution in [-0.2, 0) is 4.79 Å². The number of piperidine rings is 1. The quantitative estimate of drug-likeness (QED) is 0.781. The Morgan fingerprint density at radius 3 is 2.26 bits per heavy atom. The molecule has 1 amide bonds. The van der Waals surface area contributed by atoms with Crippen LogP contribution in [0.5, 0.6) is 0 Å². The van der Waals surface area contributed by atoms with Crippen LogP contribution in [0, 0.1) is 11.8 Å². The molecule has 3 nitrogen and oxygen atoms in total. The van der Waals surface area contributed by atoms with E-state index in [0.29, 0.717) is 0 Å². The van der Waals surface area contributed by atoms with Gasteiger partial charge in [-0.2, -0.15) is 0 Å². The van der Waals surface area contributed by atoms with Crippen molar-refractivity contribution < 1.29 is 4.79 Å². The van der Waals surface area contributed by atoms with Crippen molar-refractivity contribution in [2.24, 2.45) is 11.8 Å². The highest BCUT2D eigenvalue weighted by molar-refractivity contribution is 5.72. The van der Waals surface area contributed by atoms with Crippen molar-refractivity contribution >= 4 is 5.91 Å². The molecule has 2 aliphatic rings. The van der Waals surface area contributed by atoms with Crippen LogP contribution in [0.4, 0.5) is 0 Å². The van der Waals surface area contributed by atoms with Gasteiger partial charge in [0.1, 0.15) is 0 Å². The number of nitrogens with zero attached hydrogens (tertiary/aromatic N) is 2. The standard InChI is InChI=1S/C16H30N2O/c1-14(19)17(2)12-16-8-10-18(11-9-16)13-15-6-4-3-5-7-15/h15-16H,3-13H2,1-2H3. The second-order valence-corrected chi connectivity index (χ2v) is 6.65. The molecule has 1 heterocycles. The molecule has 0 atom stereocenters. The molecule has 0 N–H and O–H groups in total. The van der Waals surface area contributed by atoms with Crippen molar-refractivity contribution in [2.45, 2.75) is 51.9 Å². The smallest absolute Gasteiger partial charge is 0.219 e. The van der Waals surface area contributed by atoms with Gasteiger partial charge in [0.15, 0.2) is 0 Å². The Morgan fingerprint density at radius 2 is 1.68 bits per heavy atom. The first-order chi connectivity index (χ1) is 9.15. The van der Waals surface area contributed by atoms with Crippen molar-refractivity contribution in [1.82, 2.24) is 9.80 Å². The highest BCUT2D eigenvalue weighted by Crippen LogP contribution is 2.26. The first-order valence-corrected chi connectivity index (χ1v) is 8.09. The van der Waals surface area contributed by atoms with Crippen LogP contribution in [0.15, 0.2) is 0 Å². The minimum Gasteiger partial charge on any atom is -0.346 e. The van der Waals surface area contributed by atoms with E-state index in [4.69, 9.17) is 0 Å². The van der Waals surface area contributed by atoms with E-state index in [1.54, 1.807) is 6.92 Å². The van der Waals surface area contributed by atoms with E-state index in [0.717, 1.165) is 18.4 Å². The van der Waals surface area contributed by atoms with Crippen LogP contribution in [0.25, 0.3) is 0 Å². The fraction of sp³-hybridized carbons (Fsp3) is 0.938. The monoisotopic (exact) mass is 266 g/mol. The molecular weight excluding hydrogens is 236 g/mol. The number of likely N-dealkylation sites (tertiary alicyclic amines) is 1. The van der Waals surface area contributed by atoms with E-state index in [2.05, 4.69) is 4.90 Å².